The fraction of sp³-hybridized carbons (Fsp3) is 0.500. The van der Waals surface area contributed by atoms with E-state index < -0.39 is 0 Å². The van der Waals surface area contributed by atoms with Crippen LogP contribution in [0.2, 0.25) is 0 Å². The maximum absolute atomic E-state index is 12.9. The van der Waals surface area contributed by atoms with Gasteiger partial charge in [0.05, 0.1) is 6.07 Å². The molecular weight excluding hydrogens is 215 g/mol. The molecule has 0 bridgehead atoms. The highest BCUT2D eigenvalue weighted by atomic mass is 19.1. The van der Waals surface area contributed by atoms with E-state index in [1.165, 1.54) is 12.1 Å². The van der Waals surface area contributed by atoms with Gasteiger partial charge in [-0.05, 0) is 50.5 Å². The van der Waals surface area contributed by atoms with E-state index in [1.54, 1.807) is 0 Å². The zero-order valence-electron chi connectivity index (χ0n) is 10.3. The molecule has 1 aliphatic heterocycles. The monoisotopic (exact) mass is 232 g/mol. The number of hydrogen-bond donors (Lipinski definition) is 0. The molecule has 0 saturated carbocycles. The summed E-state index contributed by atoms with van der Waals surface area (Å²) in [5.41, 5.74) is 1.08. The summed E-state index contributed by atoms with van der Waals surface area (Å²) in [7, 11) is 0. The summed E-state index contributed by atoms with van der Waals surface area (Å²) in [6, 6.07) is 8.84. The van der Waals surface area contributed by atoms with Crippen LogP contribution in [0.4, 0.5) is 10.1 Å². The summed E-state index contributed by atoms with van der Waals surface area (Å²) in [6.45, 7) is 5.23. The van der Waals surface area contributed by atoms with Crippen molar-refractivity contribution < 1.29 is 4.39 Å². The Bertz CT molecular complexity index is 431. The molecule has 1 unspecified atom stereocenters. The van der Waals surface area contributed by atoms with Crippen molar-refractivity contribution in [2.45, 2.75) is 32.2 Å². The molecule has 0 aromatic heterocycles. The molecule has 90 valence electrons. The smallest absolute Gasteiger partial charge is 0.123 e. The van der Waals surface area contributed by atoms with E-state index in [0.29, 0.717) is 12.3 Å². The van der Waals surface area contributed by atoms with Gasteiger partial charge in [0.1, 0.15) is 5.82 Å². The molecule has 0 amide bonds. The second-order valence-corrected chi connectivity index (χ2v) is 5.33. The van der Waals surface area contributed by atoms with Crippen molar-refractivity contribution in [1.29, 1.82) is 5.26 Å². The van der Waals surface area contributed by atoms with Crippen LogP contribution >= 0.6 is 0 Å². The molecule has 1 fully saturated rings. The van der Waals surface area contributed by atoms with Crippen LogP contribution < -0.4 is 4.90 Å². The van der Waals surface area contributed by atoms with Crippen molar-refractivity contribution >= 4 is 5.69 Å². The van der Waals surface area contributed by atoms with E-state index in [9.17, 15) is 4.39 Å². The number of halogens is 1. The van der Waals surface area contributed by atoms with Crippen LogP contribution in [0, 0.1) is 23.1 Å². The quantitative estimate of drug-likeness (QED) is 0.782. The largest absolute Gasteiger partial charge is 0.366 e. The van der Waals surface area contributed by atoms with Crippen LogP contribution in [-0.2, 0) is 0 Å². The highest BCUT2D eigenvalue weighted by Crippen LogP contribution is 2.37. The summed E-state index contributed by atoms with van der Waals surface area (Å²) in [4.78, 5) is 2.27. The molecule has 2 rings (SSSR count). The Morgan fingerprint density at radius 3 is 2.65 bits per heavy atom. The Balaban J connectivity index is 2.21. The first-order valence-corrected chi connectivity index (χ1v) is 5.93. The first-order valence-electron chi connectivity index (χ1n) is 5.93. The van der Waals surface area contributed by atoms with Gasteiger partial charge in [-0.25, -0.2) is 4.39 Å². The Morgan fingerprint density at radius 2 is 2.06 bits per heavy atom. The van der Waals surface area contributed by atoms with E-state index in [0.717, 1.165) is 18.7 Å². The molecule has 0 N–H and O–H groups in total. The Hall–Kier alpha value is -1.56. The van der Waals surface area contributed by atoms with Crippen molar-refractivity contribution in [3.05, 3.63) is 30.1 Å². The predicted octanol–water partition coefficient (Wildman–Crippen LogP) is 3.34. The van der Waals surface area contributed by atoms with Crippen LogP contribution in [0.5, 0.6) is 0 Å². The van der Waals surface area contributed by atoms with Gasteiger partial charge >= 0.3 is 0 Å². The lowest BCUT2D eigenvalue weighted by Gasteiger charge is -2.33. The minimum absolute atomic E-state index is 0.0410. The molecule has 1 aromatic rings. The lowest BCUT2D eigenvalue weighted by Crippen LogP contribution is -2.38. The van der Waals surface area contributed by atoms with E-state index in [1.807, 2.05) is 12.1 Å². The SMILES string of the molecule is CC1(C)CC(CC#N)CN1c1ccc(F)cc1. The molecule has 1 aromatic carbocycles. The molecule has 3 heteroatoms. The van der Waals surface area contributed by atoms with Crippen molar-refractivity contribution in [3.8, 4) is 6.07 Å². The summed E-state index contributed by atoms with van der Waals surface area (Å²) in [5.74, 6) is 0.208. The third kappa shape index (κ3) is 2.41. The van der Waals surface area contributed by atoms with E-state index in [4.69, 9.17) is 5.26 Å². The average Bonchev–Trinajstić information content (AvgIpc) is 2.55. The Labute approximate surface area is 102 Å². The van der Waals surface area contributed by atoms with Crippen LogP contribution in [0.25, 0.3) is 0 Å². The molecule has 1 saturated heterocycles. The summed E-state index contributed by atoms with van der Waals surface area (Å²) >= 11 is 0. The van der Waals surface area contributed by atoms with Gasteiger partial charge in [0, 0.05) is 24.2 Å². The van der Waals surface area contributed by atoms with E-state index >= 15 is 0 Å². The van der Waals surface area contributed by atoms with Crippen molar-refractivity contribution in [3.63, 3.8) is 0 Å². The topological polar surface area (TPSA) is 27.0 Å². The van der Waals surface area contributed by atoms with Crippen LogP contribution in [-0.4, -0.2) is 12.1 Å². The zero-order valence-corrected chi connectivity index (χ0v) is 10.3. The maximum atomic E-state index is 12.9. The van der Waals surface area contributed by atoms with Crippen LogP contribution in [0.3, 0.4) is 0 Å². The highest BCUT2D eigenvalue weighted by Gasteiger charge is 2.38. The van der Waals surface area contributed by atoms with E-state index in [2.05, 4.69) is 24.8 Å². The minimum Gasteiger partial charge on any atom is -0.366 e. The van der Waals surface area contributed by atoms with Gasteiger partial charge in [-0.2, -0.15) is 5.26 Å². The Kier molecular flexibility index (Phi) is 3.06. The van der Waals surface area contributed by atoms with E-state index in [-0.39, 0.29) is 11.4 Å². The number of benzene rings is 1. The molecular formula is C14H17FN2. The molecule has 0 aliphatic carbocycles. The predicted molar refractivity (Wildman–Crippen MR) is 66.2 cm³/mol. The van der Waals surface area contributed by atoms with Gasteiger partial charge < -0.3 is 4.90 Å². The molecule has 1 atom stereocenters. The lowest BCUT2D eigenvalue weighted by atomic mass is 9.95. The molecule has 0 radical (unpaired) electrons. The number of hydrogen-bond acceptors (Lipinski definition) is 2. The second kappa shape index (κ2) is 4.37. The van der Waals surface area contributed by atoms with Crippen LogP contribution in [0.1, 0.15) is 26.7 Å². The van der Waals surface area contributed by atoms with Gasteiger partial charge in [0.2, 0.25) is 0 Å². The first kappa shape index (κ1) is 11.9. The Morgan fingerprint density at radius 1 is 1.41 bits per heavy atom. The highest BCUT2D eigenvalue weighted by molar-refractivity contribution is 5.50. The molecule has 1 aliphatic rings. The van der Waals surface area contributed by atoms with Gasteiger partial charge in [-0.1, -0.05) is 0 Å². The minimum atomic E-state index is -0.209. The van der Waals surface area contributed by atoms with Gasteiger partial charge in [-0.3, -0.25) is 0 Å². The molecule has 17 heavy (non-hydrogen) atoms. The first-order chi connectivity index (χ1) is 8.03. The number of anilines is 1. The van der Waals surface area contributed by atoms with Gasteiger partial charge in [0.15, 0.2) is 0 Å². The van der Waals surface area contributed by atoms with Crippen LogP contribution in [0.15, 0.2) is 24.3 Å². The number of rotatable bonds is 2. The zero-order chi connectivity index (χ0) is 12.5. The van der Waals surface area contributed by atoms with Crippen molar-refractivity contribution in [2.75, 3.05) is 11.4 Å². The summed E-state index contributed by atoms with van der Waals surface area (Å²) in [6.07, 6.45) is 1.61. The molecule has 2 nitrogen and oxygen atoms in total. The van der Waals surface area contributed by atoms with Gasteiger partial charge in [0.25, 0.3) is 0 Å². The van der Waals surface area contributed by atoms with Crippen molar-refractivity contribution in [2.24, 2.45) is 5.92 Å². The lowest BCUT2D eigenvalue weighted by molar-refractivity contribution is 0.476. The number of nitrogens with zero attached hydrogens (tertiary/aromatic N) is 2. The third-order valence-electron chi connectivity index (χ3n) is 3.48. The molecule has 1 heterocycles. The molecule has 0 spiro atoms. The van der Waals surface area contributed by atoms with Crippen molar-refractivity contribution in [1.82, 2.24) is 0 Å². The standard InChI is InChI=1S/C14H17FN2/c1-14(2)9-11(7-8-16)10-17(14)13-5-3-12(15)4-6-13/h3-6,11H,7,9-10H2,1-2H3. The fourth-order valence-corrected chi connectivity index (χ4v) is 2.73. The normalized spacial score (nSPS) is 22.5. The summed E-state index contributed by atoms with van der Waals surface area (Å²) < 4.78 is 12.9. The second-order valence-electron chi connectivity index (χ2n) is 5.33. The summed E-state index contributed by atoms with van der Waals surface area (Å²) in [5, 5.41) is 8.77. The average molecular weight is 232 g/mol. The third-order valence-corrected chi connectivity index (χ3v) is 3.48. The number of nitriles is 1. The maximum Gasteiger partial charge on any atom is 0.123 e. The van der Waals surface area contributed by atoms with Gasteiger partial charge in [-0.15, -0.1) is 0 Å². The fourth-order valence-electron chi connectivity index (χ4n) is 2.73.